The van der Waals surface area contributed by atoms with Crippen LogP contribution in [-0.4, -0.2) is 35.5 Å². The normalized spacial score (nSPS) is 18.0. The summed E-state index contributed by atoms with van der Waals surface area (Å²) in [4.78, 5) is 29.2. The van der Waals surface area contributed by atoms with Crippen molar-refractivity contribution in [1.29, 1.82) is 0 Å². The van der Waals surface area contributed by atoms with Gasteiger partial charge in [-0.1, -0.05) is 29.3 Å². The van der Waals surface area contributed by atoms with Gasteiger partial charge in [-0.2, -0.15) is 0 Å². The molecule has 6 nitrogen and oxygen atoms in total. The average Bonchev–Trinajstić information content (AvgIpc) is 2.80. The molecule has 2 N–H and O–H groups in total. The molecule has 0 spiro atoms. The standard InChI is InChI=1S/C24H22Cl2FN3O3/c25-15-2-10-21-14(11-15)1-9-22(30-21)24(32)29-17-5-3-16(4-6-17)28-23(31)13-33-18-7-8-19(26)20(27)12-18/h1-2,7-12,16-17H,3-6,13H2,(H,28,31)(H,29,32). The lowest BCUT2D eigenvalue weighted by molar-refractivity contribution is -0.124. The summed E-state index contributed by atoms with van der Waals surface area (Å²) >= 11 is 11.6. The van der Waals surface area contributed by atoms with Crippen LogP contribution < -0.4 is 15.4 Å². The van der Waals surface area contributed by atoms with Gasteiger partial charge in [0.25, 0.3) is 11.8 Å². The fourth-order valence-corrected chi connectivity index (χ4v) is 4.15. The molecule has 1 saturated carbocycles. The Morgan fingerprint density at radius 3 is 2.42 bits per heavy atom. The number of ether oxygens (including phenoxy) is 1. The van der Waals surface area contributed by atoms with Gasteiger partial charge in [-0.05, 0) is 62.1 Å². The molecular formula is C24H22Cl2FN3O3. The number of hydrogen-bond acceptors (Lipinski definition) is 4. The molecule has 3 aromatic rings. The maximum absolute atomic E-state index is 13.4. The van der Waals surface area contributed by atoms with E-state index in [9.17, 15) is 14.0 Å². The van der Waals surface area contributed by atoms with Crippen LogP contribution in [0.15, 0.2) is 48.5 Å². The van der Waals surface area contributed by atoms with E-state index in [2.05, 4.69) is 15.6 Å². The molecule has 2 amide bonds. The minimum atomic E-state index is -0.599. The van der Waals surface area contributed by atoms with Crippen LogP contribution in [0.5, 0.6) is 5.75 Å². The molecule has 1 heterocycles. The molecule has 0 radical (unpaired) electrons. The van der Waals surface area contributed by atoms with Crippen molar-refractivity contribution in [3.05, 3.63) is 70.1 Å². The monoisotopic (exact) mass is 489 g/mol. The first-order chi connectivity index (χ1) is 15.9. The zero-order valence-corrected chi connectivity index (χ0v) is 19.1. The Bertz CT molecular complexity index is 1180. The van der Waals surface area contributed by atoms with Crippen molar-refractivity contribution < 1.29 is 18.7 Å². The number of carbonyl (C=O) groups excluding carboxylic acids is 2. The number of carbonyl (C=O) groups is 2. The van der Waals surface area contributed by atoms with E-state index >= 15 is 0 Å². The molecule has 1 aliphatic rings. The van der Waals surface area contributed by atoms with Gasteiger partial charge in [0.05, 0.1) is 10.5 Å². The largest absolute Gasteiger partial charge is 0.484 e. The summed E-state index contributed by atoms with van der Waals surface area (Å²) in [6.07, 6.45) is 2.94. The van der Waals surface area contributed by atoms with E-state index in [1.807, 2.05) is 6.07 Å². The molecule has 0 atom stereocenters. The second-order valence-electron chi connectivity index (χ2n) is 7.99. The number of halogens is 3. The summed E-state index contributed by atoms with van der Waals surface area (Å²) in [7, 11) is 0. The number of nitrogens with zero attached hydrogens (tertiary/aromatic N) is 1. The van der Waals surface area contributed by atoms with Crippen LogP contribution in [-0.2, 0) is 4.79 Å². The van der Waals surface area contributed by atoms with Gasteiger partial charge in [-0.3, -0.25) is 9.59 Å². The number of hydrogen-bond donors (Lipinski definition) is 2. The van der Waals surface area contributed by atoms with Crippen molar-refractivity contribution >= 4 is 45.9 Å². The van der Waals surface area contributed by atoms with Crippen LogP contribution in [0.4, 0.5) is 4.39 Å². The summed E-state index contributed by atoms with van der Waals surface area (Å²) < 4.78 is 18.8. The first kappa shape index (κ1) is 23.3. The van der Waals surface area contributed by atoms with E-state index < -0.39 is 5.82 Å². The first-order valence-corrected chi connectivity index (χ1v) is 11.4. The fourth-order valence-electron chi connectivity index (χ4n) is 3.85. The molecular weight excluding hydrogens is 468 g/mol. The van der Waals surface area contributed by atoms with Gasteiger partial charge >= 0.3 is 0 Å². The number of aromatic nitrogens is 1. The van der Waals surface area contributed by atoms with Gasteiger partial charge in [-0.25, -0.2) is 9.37 Å². The van der Waals surface area contributed by atoms with Gasteiger partial charge in [-0.15, -0.1) is 0 Å². The van der Waals surface area contributed by atoms with Crippen molar-refractivity contribution in [2.45, 2.75) is 37.8 Å². The van der Waals surface area contributed by atoms with Crippen molar-refractivity contribution in [2.24, 2.45) is 0 Å². The Hall–Kier alpha value is -2.90. The molecule has 33 heavy (non-hydrogen) atoms. The molecule has 0 saturated heterocycles. The molecule has 1 aliphatic carbocycles. The molecule has 0 aliphatic heterocycles. The van der Waals surface area contributed by atoms with E-state index in [4.69, 9.17) is 27.9 Å². The van der Waals surface area contributed by atoms with Gasteiger partial charge < -0.3 is 15.4 Å². The Labute approximate surface area is 200 Å². The van der Waals surface area contributed by atoms with E-state index in [1.165, 1.54) is 12.1 Å². The number of pyridine rings is 1. The van der Waals surface area contributed by atoms with Crippen molar-refractivity contribution in [3.8, 4) is 5.75 Å². The summed E-state index contributed by atoms with van der Waals surface area (Å²) in [5, 5.41) is 7.45. The van der Waals surface area contributed by atoms with Gasteiger partial charge in [0.1, 0.15) is 17.3 Å². The van der Waals surface area contributed by atoms with E-state index in [0.29, 0.717) is 16.2 Å². The fraction of sp³-hybridized carbons (Fsp3) is 0.292. The zero-order valence-electron chi connectivity index (χ0n) is 17.6. The number of fused-ring (bicyclic) bond motifs is 1. The van der Waals surface area contributed by atoms with E-state index in [-0.39, 0.29) is 41.3 Å². The third-order valence-corrected chi connectivity index (χ3v) is 6.11. The molecule has 1 aromatic heterocycles. The van der Waals surface area contributed by atoms with Gasteiger partial charge in [0, 0.05) is 28.6 Å². The second kappa shape index (κ2) is 10.4. The first-order valence-electron chi connectivity index (χ1n) is 10.6. The quantitative estimate of drug-likeness (QED) is 0.514. The average molecular weight is 490 g/mol. The number of nitrogens with one attached hydrogen (secondary N) is 2. The predicted octanol–water partition coefficient (Wildman–Crippen LogP) is 4.92. The number of amides is 2. The Morgan fingerprint density at radius 2 is 1.70 bits per heavy atom. The number of rotatable bonds is 6. The molecule has 0 bridgehead atoms. The smallest absolute Gasteiger partial charge is 0.270 e. The highest BCUT2D eigenvalue weighted by Gasteiger charge is 2.24. The lowest BCUT2D eigenvalue weighted by atomic mass is 9.91. The SMILES string of the molecule is O=C(COc1ccc(Cl)c(F)c1)NC1CCC(NC(=O)c2ccc3cc(Cl)ccc3n2)CC1. The summed E-state index contributed by atoms with van der Waals surface area (Å²) in [5.74, 6) is -0.858. The minimum Gasteiger partial charge on any atom is -0.484 e. The predicted molar refractivity (Wildman–Crippen MR) is 125 cm³/mol. The topological polar surface area (TPSA) is 80.3 Å². The highest BCUT2D eigenvalue weighted by molar-refractivity contribution is 6.31. The van der Waals surface area contributed by atoms with Crippen molar-refractivity contribution in [2.75, 3.05) is 6.61 Å². The molecule has 2 aromatic carbocycles. The lowest BCUT2D eigenvalue weighted by Crippen LogP contribution is -2.45. The Balaban J connectivity index is 1.22. The number of benzene rings is 2. The highest BCUT2D eigenvalue weighted by Crippen LogP contribution is 2.22. The summed E-state index contributed by atoms with van der Waals surface area (Å²) in [6, 6.07) is 12.9. The summed E-state index contributed by atoms with van der Waals surface area (Å²) in [5.41, 5.74) is 1.07. The maximum atomic E-state index is 13.4. The third-order valence-electron chi connectivity index (χ3n) is 5.57. The molecule has 0 unspecified atom stereocenters. The lowest BCUT2D eigenvalue weighted by Gasteiger charge is -2.29. The Kier molecular flexibility index (Phi) is 7.30. The highest BCUT2D eigenvalue weighted by atomic mass is 35.5. The van der Waals surface area contributed by atoms with Crippen LogP contribution in [0.25, 0.3) is 10.9 Å². The maximum Gasteiger partial charge on any atom is 0.270 e. The Morgan fingerprint density at radius 1 is 0.970 bits per heavy atom. The third kappa shape index (κ3) is 6.12. The molecule has 172 valence electrons. The van der Waals surface area contributed by atoms with Crippen LogP contribution in [0.2, 0.25) is 10.0 Å². The van der Waals surface area contributed by atoms with Crippen molar-refractivity contribution in [3.63, 3.8) is 0 Å². The molecule has 4 rings (SSSR count). The minimum absolute atomic E-state index is 0.000233. The van der Waals surface area contributed by atoms with Gasteiger partial charge in [0.15, 0.2) is 6.61 Å². The summed E-state index contributed by atoms with van der Waals surface area (Å²) in [6.45, 7) is -0.212. The van der Waals surface area contributed by atoms with Crippen LogP contribution in [0.1, 0.15) is 36.2 Å². The zero-order chi connectivity index (χ0) is 23.4. The van der Waals surface area contributed by atoms with Crippen LogP contribution in [0.3, 0.4) is 0 Å². The molecule has 9 heteroatoms. The van der Waals surface area contributed by atoms with Crippen LogP contribution >= 0.6 is 23.2 Å². The van der Waals surface area contributed by atoms with E-state index in [0.717, 1.165) is 37.1 Å². The van der Waals surface area contributed by atoms with Crippen molar-refractivity contribution in [1.82, 2.24) is 15.6 Å². The van der Waals surface area contributed by atoms with Gasteiger partial charge in [0.2, 0.25) is 0 Å². The molecule has 1 fully saturated rings. The second-order valence-corrected chi connectivity index (χ2v) is 8.83. The van der Waals surface area contributed by atoms with E-state index in [1.54, 1.807) is 24.3 Å². The van der Waals surface area contributed by atoms with Crippen LogP contribution in [0, 0.1) is 5.82 Å².